The zero-order valence-electron chi connectivity index (χ0n) is 16.0. The van der Waals surface area contributed by atoms with E-state index in [4.69, 9.17) is 4.42 Å². The third kappa shape index (κ3) is 3.27. The van der Waals surface area contributed by atoms with Crippen LogP contribution in [0.4, 0.5) is 5.69 Å². The van der Waals surface area contributed by atoms with Gasteiger partial charge in [0.05, 0.1) is 5.52 Å². The van der Waals surface area contributed by atoms with Gasteiger partial charge in [-0.25, -0.2) is 14.8 Å². The number of oxazole rings is 1. The summed E-state index contributed by atoms with van der Waals surface area (Å²) in [5.74, 6) is -0.855. The lowest BCUT2D eigenvalue weighted by Crippen LogP contribution is -2.25. The maximum atomic E-state index is 12.6. The van der Waals surface area contributed by atoms with Crippen LogP contribution in [0.15, 0.2) is 70.0 Å². The van der Waals surface area contributed by atoms with Gasteiger partial charge in [0.1, 0.15) is 21.9 Å². The number of amides is 1. The Morgan fingerprint density at radius 3 is 2.87 bits per heavy atom. The minimum absolute atomic E-state index is 0.124. The number of rotatable bonds is 4. The van der Waals surface area contributed by atoms with Gasteiger partial charge in [0.2, 0.25) is 5.91 Å². The van der Waals surface area contributed by atoms with Crippen LogP contribution in [0.1, 0.15) is 5.56 Å². The molecule has 0 unspecified atom stereocenters. The zero-order chi connectivity index (χ0) is 20.7. The molecule has 0 aliphatic carbocycles. The van der Waals surface area contributed by atoms with Crippen molar-refractivity contribution in [3.05, 3.63) is 76.9 Å². The Bertz CT molecular complexity index is 1430. The summed E-state index contributed by atoms with van der Waals surface area (Å²) >= 11 is 1.53. The second kappa shape index (κ2) is 7.23. The van der Waals surface area contributed by atoms with Crippen molar-refractivity contribution in [2.75, 3.05) is 5.32 Å². The molecule has 0 saturated carbocycles. The molecule has 0 aliphatic heterocycles. The Morgan fingerprint density at radius 1 is 1.17 bits per heavy atom. The number of carbonyl (C=O) groups excluding carboxylic acids is 1. The number of benzene rings is 2. The van der Waals surface area contributed by atoms with Crippen LogP contribution in [-0.4, -0.2) is 20.4 Å². The summed E-state index contributed by atoms with van der Waals surface area (Å²) in [6.07, 6.45) is 1.75. The lowest BCUT2D eigenvalue weighted by molar-refractivity contribution is -0.116. The number of carbonyl (C=O) groups is 1. The fraction of sp³-hybridized carbons (Fsp3) is 0.0909. The number of para-hydroxylation sites is 2. The van der Waals surface area contributed by atoms with E-state index in [0.717, 1.165) is 26.5 Å². The van der Waals surface area contributed by atoms with Gasteiger partial charge in [-0.15, -0.1) is 0 Å². The van der Waals surface area contributed by atoms with E-state index in [1.807, 2.05) is 37.3 Å². The molecule has 0 radical (unpaired) electrons. The van der Waals surface area contributed by atoms with Crippen LogP contribution in [-0.2, 0) is 11.3 Å². The Balaban J connectivity index is 1.37. The number of pyridine rings is 1. The maximum Gasteiger partial charge on any atom is 0.420 e. The standard InChI is InChI=1S/C22H16N4O3S/c1-13-11-14(20-25-16-5-4-10-23-21(16)30-20)8-9-15(13)24-19(27)12-26-17-6-2-3-7-18(17)29-22(26)28/h2-11H,12H2,1H3,(H,24,27). The predicted molar refractivity (Wildman–Crippen MR) is 117 cm³/mol. The highest BCUT2D eigenvalue weighted by molar-refractivity contribution is 7.21. The molecule has 148 valence electrons. The first kappa shape index (κ1) is 18.3. The summed E-state index contributed by atoms with van der Waals surface area (Å²) in [7, 11) is 0. The van der Waals surface area contributed by atoms with Crippen LogP contribution < -0.4 is 11.1 Å². The van der Waals surface area contributed by atoms with Crippen molar-refractivity contribution in [1.82, 2.24) is 14.5 Å². The first-order chi connectivity index (χ1) is 14.6. The third-order valence-corrected chi connectivity index (χ3v) is 5.82. The number of aromatic nitrogens is 3. The summed E-state index contributed by atoms with van der Waals surface area (Å²) in [5, 5.41) is 3.75. The Kier molecular flexibility index (Phi) is 4.40. The third-order valence-electron chi connectivity index (χ3n) is 4.79. The highest BCUT2D eigenvalue weighted by Gasteiger charge is 2.14. The molecule has 8 heteroatoms. The fourth-order valence-corrected chi connectivity index (χ4v) is 4.23. The Morgan fingerprint density at radius 2 is 2.03 bits per heavy atom. The summed E-state index contributed by atoms with van der Waals surface area (Å²) in [4.78, 5) is 34.5. The molecule has 5 rings (SSSR count). The molecule has 30 heavy (non-hydrogen) atoms. The van der Waals surface area contributed by atoms with Crippen molar-refractivity contribution >= 4 is 44.4 Å². The van der Waals surface area contributed by atoms with Gasteiger partial charge < -0.3 is 9.73 Å². The van der Waals surface area contributed by atoms with Crippen LogP contribution in [0.2, 0.25) is 0 Å². The molecule has 7 nitrogen and oxygen atoms in total. The van der Waals surface area contributed by atoms with Crippen molar-refractivity contribution in [2.24, 2.45) is 0 Å². The molecule has 3 aromatic heterocycles. The van der Waals surface area contributed by atoms with Gasteiger partial charge in [0.25, 0.3) is 0 Å². The molecular weight excluding hydrogens is 400 g/mol. The van der Waals surface area contributed by atoms with Crippen LogP contribution >= 0.6 is 11.3 Å². The number of fused-ring (bicyclic) bond motifs is 2. The van der Waals surface area contributed by atoms with Crippen LogP contribution in [0.25, 0.3) is 32.0 Å². The van der Waals surface area contributed by atoms with Gasteiger partial charge >= 0.3 is 5.76 Å². The first-order valence-corrected chi connectivity index (χ1v) is 10.1. The van der Waals surface area contributed by atoms with Gasteiger partial charge in [-0.1, -0.05) is 23.5 Å². The zero-order valence-corrected chi connectivity index (χ0v) is 16.8. The van der Waals surface area contributed by atoms with Crippen molar-refractivity contribution in [1.29, 1.82) is 0 Å². The van der Waals surface area contributed by atoms with Gasteiger partial charge in [0.15, 0.2) is 5.58 Å². The van der Waals surface area contributed by atoms with E-state index < -0.39 is 5.76 Å². The van der Waals surface area contributed by atoms with Crippen molar-refractivity contribution < 1.29 is 9.21 Å². The number of hydrogen-bond acceptors (Lipinski definition) is 6. The largest absolute Gasteiger partial charge is 0.420 e. The number of nitrogens with one attached hydrogen (secondary N) is 1. The van der Waals surface area contributed by atoms with E-state index in [9.17, 15) is 9.59 Å². The molecule has 0 bridgehead atoms. The van der Waals surface area contributed by atoms with Gasteiger partial charge in [-0.2, -0.15) is 0 Å². The smallest absolute Gasteiger partial charge is 0.408 e. The number of hydrogen-bond donors (Lipinski definition) is 1. The summed E-state index contributed by atoms with van der Waals surface area (Å²) in [5.41, 5.74) is 4.47. The molecule has 1 amide bonds. The molecule has 0 atom stereocenters. The van der Waals surface area contributed by atoms with E-state index in [2.05, 4.69) is 15.3 Å². The maximum absolute atomic E-state index is 12.6. The fourth-order valence-electron chi connectivity index (χ4n) is 3.33. The van der Waals surface area contributed by atoms with Crippen molar-refractivity contribution in [2.45, 2.75) is 13.5 Å². The normalized spacial score (nSPS) is 11.2. The molecule has 1 N–H and O–H groups in total. The van der Waals surface area contributed by atoms with Crippen molar-refractivity contribution in [3.63, 3.8) is 0 Å². The van der Waals surface area contributed by atoms with E-state index in [1.165, 1.54) is 15.9 Å². The highest BCUT2D eigenvalue weighted by Crippen LogP contribution is 2.31. The van der Waals surface area contributed by atoms with Crippen molar-refractivity contribution in [3.8, 4) is 10.6 Å². The Labute approximate surface area is 174 Å². The number of aryl methyl sites for hydroxylation is 1. The van der Waals surface area contributed by atoms with Crippen LogP contribution in [0.3, 0.4) is 0 Å². The minimum Gasteiger partial charge on any atom is -0.408 e. The van der Waals surface area contributed by atoms with E-state index in [0.29, 0.717) is 16.8 Å². The average Bonchev–Trinajstić information content (AvgIpc) is 3.31. The number of nitrogens with zero attached hydrogens (tertiary/aromatic N) is 3. The summed E-state index contributed by atoms with van der Waals surface area (Å²) < 4.78 is 6.50. The van der Waals surface area contributed by atoms with E-state index in [-0.39, 0.29) is 12.5 Å². The predicted octanol–water partition coefficient (Wildman–Crippen LogP) is 4.21. The topological polar surface area (TPSA) is 90.0 Å². The first-order valence-electron chi connectivity index (χ1n) is 9.29. The molecule has 3 heterocycles. The second-order valence-electron chi connectivity index (χ2n) is 6.85. The molecule has 0 saturated heterocycles. The van der Waals surface area contributed by atoms with Crippen LogP contribution in [0, 0.1) is 6.92 Å². The average molecular weight is 416 g/mol. The summed E-state index contributed by atoms with van der Waals surface area (Å²) in [6, 6.07) is 16.6. The minimum atomic E-state index is -0.553. The van der Waals surface area contributed by atoms with Gasteiger partial charge in [-0.3, -0.25) is 9.36 Å². The van der Waals surface area contributed by atoms with E-state index in [1.54, 1.807) is 30.5 Å². The molecular formula is C22H16N4O3S. The van der Waals surface area contributed by atoms with Gasteiger partial charge in [0, 0.05) is 17.4 Å². The number of thiazole rings is 1. The molecule has 0 fully saturated rings. The lowest BCUT2D eigenvalue weighted by Gasteiger charge is -2.10. The van der Waals surface area contributed by atoms with Crippen LogP contribution in [0.5, 0.6) is 0 Å². The monoisotopic (exact) mass is 416 g/mol. The SMILES string of the molecule is Cc1cc(-c2nc3cccnc3s2)ccc1NC(=O)Cn1c(=O)oc2ccccc21. The molecule has 0 aliphatic rings. The quantitative estimate of drug-likeness (QED) is 0.474. The van der Waals surface area contributed by atoms with Gasteiger partial charge in [-0.05, 0) is 55.0 Å². The Hall–Kier alpha value is -3.78. The molecule has 2 aromatic carbocycles. The molecule has 5 aromatic rings. The number of anilines is 1. The summed E-state index contributed by atoms with van der Waals surface area (Å²) in [6.45, 7) is 1.80. The van der Waals surface area contributed by atoms with E-state index >= 15 is 0 Å². The highest BCUT2D eigenvalue weighted by atomic mass is 32.1. The molecule has 0 spiro atoms. The lowest BCUT2D eigenvalue weighted by atomic mass is 10.1. The second-order valence-corrected chi connectivity index (χ2v) is 7.82.